The average Bonchev–Trinajstić information content (AvgIpc) is 2.84. The van der Waals surface area contributed by atoms with Crippen molar-refractivity contribution >= 4 is 22.6 Å². The number of rotatable bonds is 6. The molecule has 0 saturated carbocycles. The molecule has 1 N–H and O–H groups in total. The number of hydrogen-bond donors (Lipinski definition) is 1. The number of carbonyl (C=O) groups is 2. The molecule has 0 unspecified atom stereocenters. The van der Waals surface area contributed by atoms with Gasteiger partial charge in [-0.05, 0) is 29.3 Å². The first kappa shape index (κ1) is 21.0. The van der Waals surface area contributed by atoms with Gasteiger partial charge in [0.25, 0.3) is 11.5 Å². The van der Waals surface area contributed by atoms with E-state index in [1.807, 2.05) is 30.3 Å². The van der Waals surface area contributed by atoms with Gasteiger partial charge < -0.3 is 10.1 Å². The minimum atomic E-state index is -0.420. The molecular weight excluding hydrogens is 406 g/mol. The fourth-order valence-corrected chi connectivity index (χ4v) is 3.41. The molecule has 1 amide bonds. The molecule has 4 rings (SSSR count). The average molecular weight is 427 g/mol. The molecule has 0 aliphatic rings. The van der Waals surface area contributed by atoms with Crippen molar-refractivity contribution in [2.75, 3.05) is 7.11 Å². The van der Waals surface area contributed by atoms with Crippen molar-refractivity contribution in [2.45, 2.75) is 13.1 Å². The quantitative estimate of drug-likeness (QED) is 0.478. The largest absolute Gasteiger partial charge is 0.465 e. The molecule has 7 nitrogen and oxygen atoms in total. The molecule has 1 aromatic heterocycles. The van der Waals surface area contributed by atoms with E-state index in [-0.39, 0.29) is 30.2 Å². The van der Waals surface area contributed by atoms with Gasteiger partial charge in [0.15, 0.2) is 5.69 Å². The predicted molar refractivity (Wildman–Crippen MR) is 120 cm³/mol. The van der Waals surface area contributed by atoms with Crippen LogP contribution < -0.4 is 10.9 Å². The number of nitrogens with zero attached hydrogens (tertiary/aromatic N) is 2. The van der Waals surface area contributed by atoms with E-state index in [1.165, 1.54) is 11.8 Å². The second kappa shape index (κ2) is 9.26. The van der Waals surface area contributed by atoms with Crippen LogP contribution in [0.1, 0.15) is 32.0 Å². The molecule has 7 heteroatoms. The lowest BCUT2D eigenvalue weighted by atomic mass is 10.1. The first-order valence-electron chi connectivity index (χ1n) is 10.1. The molecule has 0 saturated heterocycles. The van der Waals surface area contributed by atoms with E-state index in [9.17, 15) is 14.4 Å². The Morgan fingerprint density at radius 1 is 0.875 bits per heavy atom. The molecule has 0 radical (unpaired) electrons. The van der Waals surface area contributed by atoms with Crippen LogP contribution in [-0.4, -0.2) is 28.8 Å². The Labute approximate surface area is 184 Å². The highest BCUT2D eigenvalue weighted by Gasteiger charge is 2.17. The van der Waals surface area contributed by atoms with Crippen LogP contribution in [0.15, 0.2) is 83.7 Å². The third-order valence-electron chi connectivity index (χ3n) is 5.09. The fraction of sp³-hybridized carbons (Fsp3) is 0.120. The van der Waals surface area contributed by atoms with Crippen LogP contribution in [0, 0.1) is 0 Å². The summed E-state index contributed by atoms with van der Waals surface area (Å²) in [7, 11) is 1.32. The topological polar surface area (TPSA) is 90.3 Å². The van der Waals surface area contributed by atoms with Gasteiger partial charge in [-0.25, -0.2) is 9.48 Å². The molecule has 3 aromatic carbocycles. The van der Waals surface area contributed by atoms with E-state index in [1.54, 1.807) is 48.5 Å². The number of carbonyl (C=O) groups excluding carboxylic acids is 2. The highest BCUT2D eigenvalue weighted by molar-refractivity contribution is 6.04. The van der Waals surface area contributed by atoms with Gasteiger partial charge in [-0.3, -0.25) is 9.59 Å². The second-order valence-electron chi connectivity index (χ2n) is 7.21. The summed E-state index contributed by atoms with van der Waals surface area (Å²) in [6.07, 6.45) is 0. The van der Waals surface area contributed by atoms with E-state index in [2.05, 4.69) is 10.4 Å². The summed E-state index contributed by atoms with van der Waals surface area (Å²) in [4.78, 5) is 37.5. The third-order valence-corrected chi connectivity index (χ3v) is 5.09. The Hall–Kier alpha value is -4.26. The maximum atomic E-state index is 13.0. The van der Waals surface area contributed by atoms with E-state index in [0.717, 1.165) is 11.1 Å². The van der Waals surface area contributed by atoms with Crippen molar-refractivity contribution in [1.29, 1.82) is 0 Å². The summed E-state index contributed by atoms with van der Waals surface area (Å²) < 4.78 is 6.01. The van der Waals surface area contributed by atoms with Crippen LogP contribution in [0.2, 0.25) is 0 Å². The van der Waals surface area contributed by atoms with E-state index in [4.69, 9.17) is 4.74 Å². The summed E-state index contributed by atoms with van der Waals surface area (Å²) in [6, 6.07) is 23.2. The number of benzene rings is 3. The van der Waals surface area contributed by atoms with Crippen LogP contribution in [0.5, 0.6) is 0 Å². The van der Waals surface area contributed by atoms with Gasteiger partial charge in [0.2, 0.25) is 0 Å². The van der Waals surface area contributed by atoms with Crippen LogP contribution in [0.3, 0.4) is 0 Å². The van der Waals surface area contributed by atoms with E-state index < -0.39 is 5.97 Å². The zero-order valence-corrected chi connectivity index (χ0v) is 17.4. The Morgan fingerprint density at radius 2 is 1.53 bits per heavy atom. The minimum absolute atomic E-state index is 0.183. The summed E-state index contributed by atoms with van der Waals surface area (Å²) >= 11 is 0. The van der Waals surface area contributed by atoms with Gasteiger partial charge in [0.1, 0.15) is 0 Å². The van der Waals surface area contributed by atoms with Gasteiger partial charge in [0, 0.05) is 11.9 Å². The first-order valence-corrected chi connectivity index (χ1v) is 10.1. The smallest absolute Gasteiger partial charge is 0.337 e. The van der Waals surface area contributed by atoms with Crippen LogP contribution >= 0.6 is 0 Å². The second-order valence-corrected chi connectivity index (χ2v) is 7.21. The highest BCUT2D eigenvalue weighted by atomic mass is 16.5. The lowest BCUT2D eigenvalue weighted by Gasteiger charge is -2.12. The molecule has 0 aliphatic heterocycles. The Morgan fingerprint density at radius 3 is 2.22 bits per heavy atom. The number of hydrogen-bond acceptors (Lipinski definition) is 5. The number of amides is 1. The number of nitrogens with one attached hydrogen (secondary N) is 1. The summed E-state index contributed by atoms with van der Waals surface area (Å²) in [5, 5.41) is 8.17. The highest BCUT2D eigenvalue weighted by Crippen LogP contribution is 2.14. The maximum absolute atomic E-state index is 13.0. The SMILES string of the molecule is COC(=O)c1ccc(CNC(=O)c2nn(Cc3ccccc3)c(=O)c3ccccc23)cc1. The van der Waals surface area contributed by atoms with Crippen LogP contribution in [0.25, 0.3) is 10.8 Å². The molecule has 0 fully saturated rings. The molecule has 0 bridgehead atoms. The molecule has 0 spiro atoms. The van der Waals surface area contributed by atoms with Gasteiger partial charge in [0.05, 0.1) is 24.6 Å². The Balaban J connectivity index is 1.61. The van der Waals surface area contributed by atoms with Gasteiger partial charge in [-0.2, -0.15) is 5.10 Å². The lowest BCUT2D eigenvalue weighted by Crippen LogP contribution is -2.30. The van der Waals surface area contributed by atoms with Gasteiger partial charge >= 0.3 is 5.97 Å². The summed E-state index contributed by atoms with van der Waals surface area (Å²) in [6.45, 7) is 0.508. The zero-order chi connectivity index (χ0) is 22.5. The fourth-order valence-electron chi connectivity index (χ4n) is 3.41. The molecule has 32 heavy (non-hydrogen) atoms. The maximum Gasteiger partial charge on any atom is 0.337 e. The number of esters is 1. The summed E-state index contributed by atoms with van der Waals surface area (Å²) in [5.74, 6) is -0.808. The van der Waals surface area contributed by atoms with Crippen molar-refractivity contribution in [3.8, 4) is 0 Å². The van der Waals surface area contributed by atoms with Crippen molar-refractivity contribution in [3.63, 3.8) is 0 Å². The zero-order valence-electron chi connectivity index (χ0n) is 17.4. The molecule has 0 aliphatic carbocycles. The van der Waals surface area contributed by atoms with E-state index in [0.29, 0.717) is 16.3 Å². The Bertz CT molecular complexity index is 1330. The van der Waals surface area contributed by atoms with E-state index >= 15 is 0 Å². The van der Waals surface area contributed by atoms with Crippen molar-refractivity contribution < 1.29 is 14.3 Å². The number of ether oxygens (including phenoxy) is 1. The minimum Gasteiger partial charge on any atom is -0.465 e. The Kier molecular flexibility index (Phi) is 6.07. The predicted octanol–water partition coefficient (Wildman–Crippen LogP) is 3.16. The van der Waals surface area contributed by atoms with Crippen LogP contribution in [0.4, 0.5) is 0 Å². The number of fused-ring (bicyclic) bond motifs is 1. The van der Waals surface area contributed by atoms with Crippen LogP contribution in [-0.2, 0) is 17.8 Å². The van der Waals surface area contributed by atoms with Crippen molar-refractivity contribution in [1.82, 2.24) is 15.1 Å². The molecular formula is C25H21N3O4. The number of methoxy groups -OCH3 is 1. The first-order chi connectivity index (χ1) is 15.6. The van der Waals surface area contributed by atoms with Crippen molar-refractivity contribution in [2.24, 2.45) is 0 Å². The molecule has 0 atom stereocenters. The molecule has 4 aromatic rings. The lowest BCUT2D eigenvalue weighted by molar-refractivity contribution is 0.0600. The standard InChI is InChI=1S/C25H21N3O4/c1-32-25(31)19-13-11-17(12-14-19)15-26-23(29)22-20-9-5-6-10-21(20)24(30)28(27-22)16-18-7-3-2-4-8-18/h2-14H,15-16H2,1H3,(H,26,29). The van der Waals surface area contributed by atoms with Gasteiger partial charge in [-0.1, -0.05) is 60.7 Å². The van der Waals surface area contributed by atoms with Gasteiger partial charge in [-0.15, -0.1) is 0 Å². The molecule has 1 heterocycles. The molecule has 160 valence electrons. The third kappa shape index (κ3) is 4.41. The summed E-state index contributed by atoms with van der Waals surface area (Å²) in [5.41, 5.74) is 2.09. The normalized spacial score (nSPS) is 10.7. The van der Waals surface area contributed by atoms with Crippen molar-refractivity contribution in [3.05, 3.63) is 112 Å². The number of aromatic nitrogens is 2. The monoisotopic (exact) mass is 427 g/mol.